The predicted molar refractivity (Wildman–Crippen MR) is 165 cm³/mol. The van der Waals surface area contributed by atoms with Crippen LogP contribution >= 0.6 is 23.2 Å². The van der Waals surface area contributed by atoms with Gasteiger partial charge in [-0.3, -0.25) is 19.0 Å². The van der Waals surface area contributed by atoms with Crippen LogP contribution in [0.4, 0.5) is 5.82 Å². The molecule has 1 fully saturated rings. The number of imidazole rings is 1. The van der Waals surface area contributed by atoms with Crippen LogP contribution in [-0.2, 0) is 33.3 Å². The van der Waals surface area contributed by atoms with Gasteiger partial charge in [-0.2, -0.15) is 15.2 Å². The molecule has 1 saturated heterocycles. The van der Waals surface area contributed by atoms with Crippen molar-refractivity contribution in [2.45, 2.75) is 51.2 Å². The van der Waals surface area contributed by atoms with Gasteiger partial charge in [-0.1, -0.05) is 47.5 Å². The molecule has 1 aliphatic rings. The molecule has 46 heavy (non-hydrogen) atoms. The largest absolute Gasteiger partial charge is 0.463 e. The summed E-state index contributed by atoms with van der Waals surface area (Å²) in [7, 11) is 0. The van der Waals surface area contributed by atoms with E-state index in [2.05, 4.69) is 20.3 Å². The standard InChI is InChI=1S/C31H28Cl2N6O7/c1-16(40)43-14-24-27(44-17(2)41)28(45-18(3)42)31(46-24)39-15-36-26-29(37-25(12-34)38-30(26)39)35-13-23(19-4-8-21(32)9-5-19)20-6-10-22(33)11-7-20/h4-11,15,23-24,27-28,31H,13-14H2,1-3H3,(H,35,37,38). The number of nitrogens with one attached hydrogen (secondary N) is 1. The highest BCUT2D eigenvalue weighted by Crippen LogP contribution is 2.37. The van der Waals surface area contributed by atoms with E-state index in [0.29, 0.717) is 22.1 Å². The molecule has 238 valence electrons. The molecule has 4 atom stereocenters. The highest BCUT2D eigenvalue weighted by atomic mass is 35.5. The molecule has 2 aromatic heterocycles. The number of nitrogens with zero attached hydrogens (tertiary/aromatic N) is 5. The Morgan fingerprint density at radius 1 is 0.935 bits per heavy atom. The third-order valence-electron chi connectivity index (χ3n) is 7.15. The third kappa shape index (κ3) is 7.37. The summed E-state index contributed by atoms with van der Waals surface area (Å²) in [5, 5.41) is 14.3. The second-order valence-corrected chi connectivity index (χ2v) is 11.3. The van der Waals surface area contributed by atoms with E-state index in [1.165, 1.54) is 31.7 Å². The van der Waals surface area contributed by atoms with Crippen molar-refractivity contribution in [3.05, 3.63) is 81.9 Å². The first-order valence-corrected chi connectivity index (χ1v) is 14.8. The Balaban J connectivity index is 1.52. The van der Waals surface area contributed by atoms with Crippen LogP contribution in [0.15, 0.2) is 54.9 Å². The van der Waals surface area contributed by atoms with E-state index in [0.717, 1.165) is 11.1 Å². The maximum Gasteiger partial charge on any atom is 0.303 e. The Bertz CT molecular complexity index is 1750. The summed E-state index contributed by atoms with van der Waals surface area (Å²) in [5.74, 6) is -1.98. The smallest absolute Gasteiger partial charge is 0.303 e. The zero-order chi connectivity index (χ0) is 33.0. The fourth-order valence-corrected chi connectivity index (χ4v) is 5.46. The molecule has 0 spiro atoms. The summed E-state index contributed by atoms with van der Waals surface area (Å²) in [6, 6.07) is 16.9. The van der Waals surface area contributed by atoms with Crippen LogP contribution in [0.5, 0.6) is 0 Å². The number of anilines is 1. The molecular weight excluding hydrogens is 639 g/mol. The molecule has 0 bridgehead atoms. The molecule has 0 saturated carbocycles. The van der Waals surface area contributed by atoms with E-state index in [1.807, 2.05) is 30.3 Å². The number of carbonyl (C=O) groups excluding carboxylic acids is 3. The summed E-state index contributed by atoms with van der Waals surface area (Å²) in [4.78, 5) is 48.9. The summed E-state index contributed by atoms with van der Waals surface area (Å²) in [6.07, 6.45) is -3.02. The van der Waals surface area contributed by atoms with Crippen LogP contribution in [0.2, 0.25) is 10.0 Å². The van der Waals surface area contributed by atoms with Gasteiger partial charge in [0.25, 0.3) is 0 Å². The van der Waals surface area contributed by atoms with Gasteiger partial charge in [0.05, 0.1) is 6.33 Å². The van der Waals surface area contributed by atoms with E-state index in [1.54, 1.807) is 24.3 Å². The van der Waals surface area contributed by atoms with E-state index < -0.39 is 42.4 Å². The molecular formula is C31H28Cl2N6O7. The SMILES string of the molecule is CC(=O)OCC1OC(n2cnc3c(NCC(c4ccc(Cl)cc4)c4ccc(Cl)cc4)nc(C#N)nc32)C(OC(C)=O)C1OC(C)=O. The van der Waals surface area contributed by atoms with Crippen molar-refractivity contribution in [1.29, 1.82) is 5.26 Å². The van der Waals surface area contributed by atoms with Crippen molar-refractivity contribution in [2.75, 3.05) is 18.5 Å². The zero-order valence-corrected chi connectivity index (χ0v) is 26.4. The van der Waals surface area contributed by atoms with Gasteiger partial charge in [-0.15, -0.1) is 0 Å². The Morgan fingerprint density at radius 2 is 1.52 bits per heavy atom. The van der Waals surface area contributed by atoms with Crippen LogP contribution in [0.1, 0.15) is 49.9 Å². The van der Waals surface area contributed by atoms with Crippen molar-refractivity contribution in [2.24, 2.45) is 0 Å². The van der Waals surface area contributed by atoms with Crippen molar-refractivity contribution >= 4 is 58.1 Å². The molecule has 4 unspecified atom stereocenters. The minimum atomic E-state index is -1.17. The highest BCUT2D eigenvalue weighted by Gasteiger charge is 2.51. The van der Waals surface area contributed by atoms with Gasteiger partial charge in [-0.25, -0.2) is 4.98 Å². The number of benzene rings is 2. The Kier molecular flexibility index (Phi) is 10.0. The average Bonchev–Trinajstić information content (AvgIpc) is 3.58. The van der Waals surface area contributed by atoms with Gasteiger partial charge in [0, 0.05) is 43.3 Å². The molecule has 5 rings (SSSR count). The van der Waals surface area contributed by atoms with Crippen molar-refractivity contribution < 1.29 is 33.3 Å². The maximum atomic E-state index is 12.1. The molecule has 0 amide bonds. The number of rotatable bonds is 10. The summed E-state index contributed by atoms with van der Waals surface area (Å²) >= 11 is 12.3. The third-order valence-corrected chi connectivity index (χ3v) is 7.66. The fraction of sp³-hybridized carbons (Fsp3) is 0.323. The molecule has 1 aliphatic heterocycles. The number of aromatic nitrogens is 4. The van der Waals surface area contributed by atoms with E-state index in [-0.39, 0.29) is 29.8 Å². The van der Waals surface area contributed by atoms with Gasteiger partial charge in [0.1, 0.15) is 18.8 Å². The van der Waals surface area contributed by atoms with E-state index in [4.69, 9.17) is 42.1 Å². The summed E-state index contributed by atoms with van der Waals surface area (Å²) < 4.78 is 23.7. The lowest BCUT2D eigenvalue weighted by Gasteiger charge is -2.23. The highest BCUT2D eigenvalue weighted by molar-refractivity contribution is 6.30. The lowest BCUT2D eigenvalue weighted by molar-refractivity contribution is -0.166. The van der Waals surface area contributed by atoms with Crippen molar-refractivity contribution in [1.82, 2.24) is 19.5 Å². The van der Waals surface area contributed by atoms with Crippen LogP contribution in [0.3, 0.4) is 0 Å². The lowest BCUT2D eigenvalue weighted by atomic mass is 9.91. The first kappa shape index (κ1) is 32.6. The molecule has 4 aromatic rings. The maximum absolute atomic E-state index is 12.1. The average molecular weight is 668 g/mol. The second-order valence-electron chi connectivity index (χ2n) is 10.4. The number of halogens is 2. The first-order chi connectivity index (χ1) is 22.0. The number of hydrogen-bond acceptors (Lipinski definition) is 12. The van der Waals surface area contributed by atoms with Crippen molar-refractivity contribution in [3.63, 3.8) is 0 Å². The molecule has 2 aromatic carbocycles. The number of nitriles is 1. The number of esters is 3. The Labute approximate surface area is 273 Å². The minimum Gasteiger partial charge on any atom is -0.463 e. The fourth-order valence-electron chi connectivity index (χ4n) is 5.21. The monoisotopic (exact) mass is 666 g/mol. The van der Waals surface area contributed by atoms with Crippen molar-refractivity contribution in [3.8, 4) is 6.07 Å². The zero-order valence-electron chi connectivity index (χ0n) is 24.8. The number of carbonyl (C=O) groups is 3. The number of fused-ring (bicyclic) bond motifs is 1. The van der Waals surface area contributed by atoms with Crippen LogP contribution in [-0.4, -0.2) is 68.9 Å². The molecule has 1 N–H and O–H groups in total. The normalized spacial score (nSPS) is 19.1. The second kappa shape index (κ2) is 14.1. The first-order valence-electron chi connectivity index (χ1n) is 14.1. The molecule has 13 nitrogen and oxygen atoms in total. The van der Waals surface area contributed by atoms with Crippen LogP contribution in [0, 0.1) is 11.3 Å². The number of hydrogen-bond donors (Lipinski definition) is 1. The van der Waals surface area contributed by atoms with Gasteiger partial charge >= 0.3 is 17.9 Å². The van der Waals surface area contributed by atoms with Gasteiger partial charge < -0.3 is 24.3 Å². The Hall–Kier alpha value is -4.77. The molecule has 0 radical (unpaired) electrons. The Morgan fingerprint density at radius 3 is 2.07 bits per heavy atom. The molecule has 0 aliphatic carbocycles. The number of ether oxygens (including phenoxy) is 4. The molecule has 15 heteroatoms. The summed E-state index contributed by atoms with van der Waals surface area (Å²) in [5.41, 5.74) is 2.41. The van der Waals surface area contributed by atoms with Gasteiger partial charge in [0.15, 0.2) is 35.4 Å². The quantitative estimate of drug-likeness (QED) is 0.185. The van der Waals surface area contributed by atoms with Crippen LogP contribution in [0.25, 0.3) is 11.2 Å². The minimum absolute atomic E-state index is 0.165. The topological polar surface area (TPSA) is 168 Å². The van der Waals surface area contributed by atoms with Gasteiger partial charge in [0.2, 0.25) is 5.82 Å². The van der Waals surface area contributed by atoms with Crippen LogP contribution < -0.4 is 5.32 Å². The van der Waals surface area contributed by atoms with E-state index in [9.17, 15) is 19.6 Å². The van der Waals surface area contributed by atoms with Gasteiger partial charge in [-0.05, 0) is 35.4 Å². The summed E-state index contributed by atoms with van der Waals surface area (Å²) in [6.45, 7) is 3.67. The predicted octanol–water partition coefficient (Wildman–Crippen LogP) is 4.57. The van der Waals surface area contributed by atoms with E-state index >= 15 is 0 Å². The lowest BCUT2D eigenvalue weighted by Crippen LogP contribution is -2.40. The molecule has 3 heterocycles.